The molecule has 1 saturated heterocycles. The van der Waals surface area contributed by atoms with E-state index in [1.54, 1.807) is 12.4 Å². The summed E-state index contributed by atoms with van der Waals surface area (Å²) in [6.45, 7) is 5.86. The third-order valence-electron chi connectivity index (χ3n) is 5.01. The van der Waals surface area contributed by atoms with Gasteiger partial charge in [-0.3, -0.25) is 4.68 Å². The number of hydrogen-bond donors (Lipinski definition) is 1. The molecule has 1 aliphatic heterocycles. The second kappa shape index (κ2) is 6.44. The number of nitrogens with zero attached hydrogens (tertiary/aromatic N) is 6. The molecule has 8 heteroatoms. The summed E-state index contributed by atoms with van der Waals surface area (Å²) in [6, 6.07) is 2.25. The molecule has 25 heavy (non-hydrogen) atoms. The minimum absolute atomic E-state index is 0.267. The van der Waals surface area contributed by atoms with Crippen LogP contribution in [0.25, 0.3) is 11.2 Å². The molecule has 132 valence electrons. The lowest BCUT2D eigenvalue weighted by atomic mass is 9.93. The van der Waals surface area contributed by atoms with Gasteiger partial charge in [0.05, 0.1) is 18.4 Å². The van der Waals surface area contributed by atoms with Crippen molar-refractivity contribution in [3.8, 4) is 0 Å². The molecule has 1 atom stereocenters. The van der Waals surface area contributed by atoms with Gasteiger partial charge in [-0.15, -0.1) is 0 Å². The van der Waals surface area contributed by atoms with Gasteiger partial charge in [-0.1, -0.05) is 0 Å². The minimum Gasteiger partial charge on any atom is -0.381 e. The van der Waals surface area contributed by atoms with Crippen molar-refractivity contribution in [3.05, 3.63) is 24.2 Å². The van der Waals surface area contributed by atoms with Crippen LogP contribution in [0.5, 0.6) is 0 Å². The van der Waals surface area contributed by atoms with Crippen molar-refractivity contribution >= 4 is 22.8 Å². The molecule has 4 heterocycles. The third-order valence-corrected chi connectivity index (χ3v) is 5.01. The van der Waals surface area contributed by atoms with Crippen LogP contribution in [0.2, 0.25) is 0 Å². The molecule has 1 fully saturated rings. The summed E-state index contributed by atoms with van der Waals surface area (Å²) in [5.41, 5.74) is 2.69. The maximum atomic E-state index is 5.48. The number of aromatic nitrogens is 6. The van der Waals surface area contributed by atoms with E-state index in [1.807, 2.05) is 29.4 Å². The Hall–Kier alpha value is -2.48. The number of fused-ring (bicyclic) bond motifs is 1. The van der Waals surface area contributed by atoms with Gasteiger partial charge < -0.3 is 10.1 Å². The van der Waals surface area contributed by atoms with Crippen LogP contribution in [0, 0.1) is 12.8 Å². The van der Waals surface area contributed by atoms with E-state index in [-0.39, 0.29) is 6.04 Å². The van der Waals surface area contributed by atoms with Crippen LogP contribution >= 0.6 is 0 Å². The summed E-state index contributed by atoms with van der Waals surface area (Å²) in [5, 5.41) is 12.2. The molecule has 0 spiro atoms. The van der Waals surface area contributed by atoms with Crippen LogP contribution in [-0.2, 0) is 11.8 Å². The molecule has 0 aromatic carbocycles. The largest absolute Gasteiger partial charge is 0.381 e. The van der Waals surface area contributed by atoms with Crippen molar-refractivity contribution in [2.24, 2.45) is 13.0 Å². The minimum atomic E-state index is 0.267. The standard InChI is InChI=1S/C17H23N7O/c1-11-8-15(22-23(11)3)20-16-10-18-14-9-19-24(17(14)21-16)12(2)13-4-6-25-7-5-13/h8-10,12-13H,4-7H2,1-3H3,(H,20,21,22)/t12-/m0/s1. The summed E-state index contributed by atoms with van der Waals surface area (Å²) < 4.78 is 9.29. The number of hydrogen-bond acceptors (Lipinski definition) is 6. The Balaban J connectivity index is 1.62. The molecule has 0 amide bonds. The van der Waals surface area contributed by atoms with E-state index in [0.29, 0.717) is 11.7 Å². The fourth-order valence-electron chi connectivity index (χ4n) is 3.33. The monoisotopic (exact) mass is 341 g/mol. The SMILES string of the molecule is Cc1cc(Nc2cnc3cnn([C@@H](C)C4CCOCC4)c3n2)nn1C. The lowest BCUT2D eigenvalue weighted by molar-refractivity contribution is 0.0501. The fourth-order valence-corrected chi connectivity index (χ4v) is 3.33. The highest BCUT2D eigenvalue weighted by Crippen LogP contribution is 2.29. The van der Waals surface area contributed by atoms with Gasteiger partial charge in [0.15, 0.2) is 17.3 Å². The van der Waals surface area contributed by atoms with Gasteiger partial charge in [-0.2, -0.15) is 10.2 Å². The van der Waals surface area contributed by atoms with Crippen molar-refractivity contribution in [3.63, 3.8) is 0 Å². The van der Waals surface area contributed by atoms with E-state index in [9.17, 15) is 0 Å². The van der Waals surface area contributed by atoms with Crippen LogP contribution in [0.4, 0.5) is 11.6 Å². The number of rotatable bonds is 4. The highest BCUT2D eigenvalue weighted by atomic mass is 16.5. The molecule has 0 saturated carbocycles. The highest BCUT2D eigenvalue weighted by Gasteiger charge is 2.24. The van der Waals surface area contributed by atoms with Crippen LogP contribution < -0.4 is 5.32 Å². The van der Waals surface area contributed by atoms with Gasteiger partial charge in [-0.25, -0.2) is 14.6 Å². The van der Waals surface area contributed by atoms with Gasteiger partial charge in [0, 0.05) is 32.0 Å². The van der Waals surface area contributed by atoms with Gasteiger partial charge in [0.1, 0.15) is 5.52 Å². The normalized spacial score (nSPS) is 17.1. The quantitative estimate of drug-likeness (QED) is 0.785. The third kappa shape index (κ3) is 3.09. The number of aryl methyl sites for hydroxylation is 2. The zero-order valence-electron chi connectivity index (χ0n) is 14.8. The zero-order valence-corrected chi connectivity index (χ0v) is 14.8. The van der Waals surface area contributed by atoms with Crippen molar-refractivity contribution in [1.29, 1.82) is 0 Å². The first-order valence-corrected chi connectivity index (χ1v) is 8.67. The van der Waals surface area contributed by atoms with Crippen molar-refractivity contribution < 1.29 is 4.74 Å². The molecule has 0 bridgehead atoms. The molecule has 8 nitrogen and oxygen atoms in total. The van der Waals surface area contributed by atoms with E-state index >= 15 is 0 Å². The number of ether oxygens (including phenoxy) is 1. The van der Waals surface area contributed by atoms with Gasteiger partial charge in [-0.05, 0) is 32.6 Å². The first-order chi connectivity index (χ1) is 12.1. The molecule has 0 radical (unpaired) electrons. The summed E-state index contributed by atoms with van der Waals surface area (Å²) in [4.78, 5) is 9.22. The van der Waals surface area contributed by atoms with E-state index < -0.39 is 0 Å². The average molecular weight is 341 g/mol. The van der Waals surface area contributed by atoms with Gasteiger partial charge in [0.25, 0.3) is 0 Å². The fraction of sp³-hybridized carbons (Fsp3) is 0.529. The summed E-state index contributed by atoms with van der Waals surface area (Å²) >= 11 is 0. The van der Waals surface area contributed by atoms with Gasteiger partial charge in [0.2, 0.25) is 0 Å². The first kappa shape index (κ1) is 16.0. The molecule has 3 aromatic heterocycles. The lowest BCUT2D eigenvalue weighted by Gasteiger charge is -2.28. The molecule has 0 unspecified atom stereocenters. The average Bonchev–Trinajstić information content (AvgIpc) is 3.18. The smallest absolute Gasteiger partial charge is 0.179 e. The summed E-state index contributed by atoms with van der Waals surface area (Å²) in [5.74, 6) is 1.98. The number of anilines is 2. The second-order valence-corrected chi connectivity index (χ2v) is 6.66. The van der Waals surface area contributed by atoms with E-state index in [0.717, 1.165) is 48.7 Å². The lowest BCUT2D eigenvalue weighted by Crippen LogP contribution is -2.24. The number of nitrogens with one attached hydrogen (secondary N) is 1. The van der Waals surface area contributed by atoms with E-state index in [1.165, 1.54) is 0 Å². The maximum Gasteiger partial charge on any atom is 0.179 e. The Labute approximate surface area is 146 Å². The first-order valence-electron chi connectivity index (χ1n) is 8.67. The van der Waals surface area contributed by atoms with Crippen LogP contribution in [0.3, 0.4) is 0 Å². The molecule has 1 N–H and O–H groups in total. The van der Waals surface area contributed by atoms with Crippen molar-refractivity contribution in [2.45, 2.75) is 32.7 Å². The second-order valence-electron chi connectivity index (χ2n) is 6.66. The van der Waals surface area contributed by atoms with Crippen LogP contribution in [0.15, 0.2) is 18.5 Å². The highest BCUT2D eigenvalue weighted by molar-refractivity contribution is 5.72. The Morgan fingerprint density at radius 3 is 2.76 bits per heavy atom. The molecular formula is C17H23N7O. The topological polar surface area (TPSA) is 82.7 Å². The van der Waals surface area contributed by atoms with E-state index in [4.69, 9.17) is 9.72 Å². The maximum absolute atomic E-state index is 5.48. The molecule has 3 aromatic rings. The Morgan fingerprint density at radius 2 is 2.04 bits per heavy atom. The molecule has 0 aliphatic carbocycles. The predicted octanol–water partition coefficient (Wildman–Crippen LogP) is 2.60. The molecule has 1 aliphatic rings. The Kier molecular flexibility index (Phi) is 4.12. The summed E-state index contributed by atoms with van der Waals surface area (Å²) in [6.07, 6.45) is 5.62. The Bertz CT molecular complexity index is 859. The zero-order chi connectivity index (χ0) is 17.4. The summed E-state index contributed by atoms with van der Waals surface area (Å²) in [7, 11) is 1.92. The van der Waals surface area contributed by atoms with Crippen LogP contribution in [-0.4, -0.2) is 42.7 Å². The molecular weight excluding hydrogens is 318 g/mol. The van der Waals surface area contributed by atoms with Crippen LogP contribution in [0.1, 0.15) is 31.5 Å². The van der Waals surface area contributed by atoms with Gasteiger partial charge >= 0.3 is 0 Å². The van der Waals surface area contributed by atoms with Crippen molar-refractivity contribution in [1.82, 2.24) is 29.5 Å². The predicted molar refractivity (Wildman–Crippen MR) is 94.8 cm³/mol. The van der Waals surface area contributed by atoms with E-state index in [2.05, 4.69) is 27.4 Å². The molecule has 4 rings (SSSR count). The Morgan fingerprint density at radius 1 is 1.24 bits per heavy atom. The van der Waals surface area contributed by atoms with Crippen molar-refractivity contribution in [2.75, 3.05) is 18.5 Å².